The Balaban J connectivity index is 2.29. The Kier molecular flexibility index (Phi) is 2.10. The lowest BCUT2D eigenvalue weighted by molar-refractivity contribution is -0.700. The minimum Gasteiger partial charge on any atom is -0.483 e. The van der Waals surface area contributed by atoms with Gasteiger partial charge in [0.2, 0.25) is 5.52 Å². The standard InChI is InChI=1S/C17H16NO/c1-11-12(2)19-15-7-3-5-13-8-9-14-6-4-10-18(11)17(14)16(13)15/h3-12H,1-2H3/q+1/t11-,12?/m1/s1. The maximum Gasteiger partial charge on any atom is 0.224 e. The van der Waals surface area contributed by atoms with E-state index in [0.29, 0.717) is 6.04 Å². The average molecular weight is 250 g/mol. The van der Waals surface area contributed by atoms with Crippen molar-refractivity contribution < 1.29 is 9.30 Å². The van der Waals surface area contributed by atoms with Crippen LogP contribution >= 0.6 is 0 Å². The molecule has 0 saturated heterocycles. The first-order valence-electron chi connectivity index (χ1n) is 6.78. The second-order valence-corrected chi connectivity index (χ2v) is 5.34. The first-order chi connectivity index (χ1) is 9.25. The molecule has 0 saturated carbocycles. The van der Waals surface area contributed by atoms with Gasteiger partial charge in [-0.2, -0.15) is 4.57 Å². The van der Waals surface area contributed by atoms with Crippen LogP contribution in [0.3, 0.4) is 0 Å². The molecule has 2 heteroatoms. The highest BCUT2D eigenvalue weighted by Gasteiger charge is 2.30. The Morgan fingerprint density at radius 1 is 0.947 bits per heavy atom. The fourth-order valence-electron chi connectivity index (χ4n) is 3.03. The number of benzene rings is 2. The first-order valence-corrected chi connectivity index (χ1v) is 6.78. The molecule has 0 fully saturated rings. The summed E-state index contributed by atoms with van der Waals surface area (Å²) in [5.74, 6) is 1.000. The van der Waals surface area contributed by atoms with Gasteiger partial charge in [0.05, 0.1) is 5.39 Å². The van der Waals surface area contributed by atoms with Gasteiger partial charge < -0.3 is 4.74 Å². The summed E-state index contributed by atoms with van der Waals surface area (Å²) in [6.07, 6.45) is 2.32. The molecule has 0 radical (unpaired) electrons. The fourth-order valence-corrected chi connectivity index (χ4v) is 3.03. The number of ether oxygens (including phenoxy) is 1. The van der Waals surface area contributed by atoms with Gasteiger partial charge in [0, 0.05) is 18.4 Å². The molecule has 94 valence electrons. The maximum atomic E-state index is 6.17. The zero-order valence-electron chi connectivity index (χ0n) is 11.1. The number of hydrogen-bond donors (Lipinski definition) is 0. The van der Waals surface area contributed by atoms with Gasteiger partial charge in [-0.05, 0) is 30.5 Å². The van der Waals surface area contributed by atoms with Gasteiger partial charge in [-0.25, -0.2) is 0 Å². The summed E-state index contributed by atoms with van der Waals surface area (Å²) in [5, 5.41) is 3.75. The van der Waals surface area contributed by atoms with Gasteiger partial charge in [0.1, 0.15) is 5.75 Å². The first kappa shape index (κ1) is 10.8. The normalized spacial score (nSPS) is 21.6. The molecule has 0 aliphatic carbocycles. The Hall–Kier alpha value is -2.09. The summed E-state index contributed by atoms with van der Waals surface area (Å²) >= 11 is 0. The summed E-state index contributed by atoms with van der Waals surface area (Å²) in [7, 11) is 0. The topological polar surface area (TPSA) is 13.1 Å². The van der Waals surface area contributed by atoms with Gasteiger partial charge in [0.25, 0.3) is 0 Å². The molecule has 4 rings (SSSR count). The average Bonchev–Trinajstić information content (AvgIpc) is 2.55. The zero-order chi connectivity index (χ0) is 13.0. The van der Waals surface area contributed by atoms with Gasteiger partial charge in [0.15, 0.2) is 18.3 Å². The Bertz CT molecular complexity index is 794. The second kappa shape index (κ2) is 3.70. The molecule has 0 bridgehead atoms. The van der Waals surface area contributed by atoms with E-state index < -0.39 is 0 Å². The third-order valence-electron chi connectivity index (χ3n) is 4.22. The molecular formula is C17H16NO+. The van der Waals surface area contributed by atoms with Crippen molar-refractivity contribution >= 4 is 21.7 Å². The molecular weight excluding hydrogens is 234 g/mol. The predicted octanol–water partition coefficient (Wildman–Crippen LogP) is 3.62. The summed E-state index contributed by atoms with van der Waals surface area (Å²) in [4.78, 5) is 0. The van der Waals surface area contributed by atoms with Crippen molar-refractivity contribution in [3.63, 3.8) is 0 Å². The molecule has 2 atom stereocenters. The summed E-state index contributed by atoms with van der Waals surface area (Å²) in [6, 6.07) is 15.3. The molecule has 0 N–H and O–H groups in total. The zero-order valence-corrected chi connectivity index (χ0v) is 11.1. The maximum absolute atomic E-state index is 6.17. The van der Waals surface area contributed by atoms with Crippen LogP contribution < -0.4 is 9.30 Å². The summed E-state index contributed by atoms with van der Waals surface area (Å²) < 4.78 is 8.51. The minimum absolute atomic E-state index is 0.161. The molecule has 1 aliphatic rings. The van der Waals surface area contributed by atoms with Gasteiger partial charge in [-0.1, -0.05) is 18.2 Å². The van der Waals surface area contributed by atoms with Crippen molar-refractivity contribution in [3.05, 3.63) is 48.7 Å². The monoisotopic (exact) mass is 250 g/mol. The van der Waals surface area contributed by atoms with Crippen molar-refractivity contribution in [3.8, 4) is 5.75 Å². The van der Waals surface area contributed by atoms with E-state index in [2.05, 4.69) is 67.1 Å². The summed E-state index contributed by atoms with van der Waals surface area (Å²) in [6.45, 7) is 4.36. The van der Waals surface area contributed by atoms with Crippen LogP contribution in [0.2, 0.25) is 0 Å². The smallest absolute Gasteiger partial charge is 0.224 e. The van der Waals surface area contributed by atoms with E-state index in [1.54, 1.807) is 0 Å². The van der Waals surface area contributed by atoms with Crippen LogP contribution in [-0.2, 0) is 0 Å². The summed E-state index contributed by atoms with van der Waals surface area (Å²) in [5.41, 5.74) is 1.28. The van der Waals surface area contributed by atoms with Crippen molar-refractivity contribution in [1.29, 1.82) is 0 Å². The van der Waals surface area contributed by atoms with E-state index in [-0.39, 0.29) is 6.10 Å². The minimum atomic E-state index is 0.161. The SMILES string of the molecule is CC1Oc2cccc3ccc4ccc[n+](c4c23)[C@@H]1C. The number of pyridine rings is 1. The molecule has 0 spiro atoms. The Labute approximate surface area is 112 Å². The van der Waals surface area contributed by atoms with Crippen LogP contribution in [0, 0.1) is 0 Å². The second-order valence-electron chi connectivity index (χ2n) is 5.34. The van der Waals surface area contributed by atoms with Crippen LogP contribution in [-0.4, -0.2) is 6.10 Å². The number of aromatic nitrogens is 1. The number of hydrogen-bond acceptors (Lipinski definition) is 1. The van der Waals surface area contributed by atoms with Crippen LogP contribution in [0.5, 0.6) is 5.75 Å². The van der Waals surface area contributed by atoms with Crippen LogP contribution in [0.1, 0.15) is 19.9 Å². The van der Waals surface area contributed by atoms with E-state index in [1.807, 2.05) is 0 Å². The molecule has 2 nitrogen and oxygen atoms in total. The molecule has 1 aliphatic heterocycles. The molecule has 1 aromatic heterocycles. The highest BCUT2D eigenvalue weighted by molar-refractivity contribution is 6.07. The molecule has 3 aromatic rings. The van der Waals surface area contributed by atoms with E-state index >= 15 is 0 Å². The van der Waals surface area contributed by atoms with Crippen molar-refractivity contribution in [2.45, 2.75) is 26.0 Å². The van der Waals surface area contributed by atoms with E-state index in [4.69, 9.17) is 4.74 Å². The number of nitrogens with zero attached hydrogens (tertiary/aromatic N) is 1. The number of rotatable bonds is 0. The van der Waals surface area contributed by atoms with Gasteiger partial charge in [-0.3, -0.25) is 0 Å². The highest BCUT2D eigenvalue weighted by atomic mass is 16.5. The third kappa shape index (κ3) is 1.40. The molecule has 2 heterocycles. The van der Waals surface area contributed by atoms with Crippen molar-refractivity contribution in [2.24, 2.45) is 0 Å². The molecule has 2 aromatic carbocycles. The van der Waals surface area contributed by atoms with Crippen LogP contribution in [0.25, 0.3) is 21.7 Å². The van der Waals surface area contributed by atoms with Crippen LogP contribution in [0.15, 0.2) is 48.7 Å². The highest BCUT2D eigenvalue weighted by Crippen LogP contribution is 2.34. The Morgan fingerprint density at radius 3 is 2.63 bits per heavy atom. The van der Waals surface area contributed by atoms with E-state index in [0.717, 1.165) is 5.75 Å². The lowest BCUT2D eigenvalue weighted by atomic mass is 10.0. The van der Waals surface area contributed by atoms with Crippen LogP contribution in [0.4, 0.5) is 0 Å². The van der Waals surface area contributed by atoms with E-state index in [9.17, 15) is 0 Å². The van der Waals surface area contributed by atoms with Gasteiger partial charge in [-0.15, -0.1) is 0 Å². The lowest BCUT2D eigenvalue weighted by Crippen LogP contribution is -2.44. The fraction of sp³-hybridized carbons (Fsp3) is 0.235. The quantitative estimate of drug-likeness (QED) is 0.438. The molecule has 0 amide bonds. The lowest BCUT2D eigenvalue weighted by Gasteiger charge is -2.15. The third-order valence-corrected chi connectivity index (χ3v) is 4.22. The van der Waals surface area contributed by atoms with Gasteiger partial charge >= 0.3 is 0 Å². The van der Waals surface area contributed by atoms with Crippen molar-refractivity contribution in [2.75, 3.05) is 0 Å². The van der Waals surface area contributed by atoms with E-state index in [1.165, 1.54) is 21.7 Å². The van der Waals surface area contributed by atoms with Crippen molar-refractivity contribution in [1.82, 2.24) is 0 Å². The molecule has 1 unspecified atom stereocenters. The largest absolute Gasteiger partial charge is 0.483 e. The molecule has 19 heavy (non-hydrogen) atoms. The predicted molar refractivity (Wildman–Crippen MR) is 76.5 cm³/mol. The Morgan fingerprint density at radius 2 is 1.74 bits per heavy atom.